The molecule has 0 bridgehead atoms. The van der Waals surface area contributed by atoms with E-state index >= 15 is 0 Å². The first-order valence-electron chi connectivity index (χ1n) is 7.33. The Morgan fingerprint density at radius 2 is 2.15 bits per heavy atom. The van der Waals surface area contributed by atoms with Crippen molar-refractivity contribution in [2.24, 2.45) is 11.8 Å². The number of anilines is 1. The summed E-state index contributed by atoms with van der Waals surface area (Å²) >= 11 is 0. The number of carbonyl (C=O) groups is 1. The van der Waals surface area contributed by atoms with Gasteiger partial charge in [0.25, 0.3) is 5.91 Å². The van der Waals surface area contributed by atoms with Gasteiger partial charge >= 0.3 is 0 Å². The van der Waals surface area contributed by atoms with Crippen molar-refractivity contribution < 1.29 is 9.53 Å². The Hall–Kier alpha value is -1.71. The van der Waals surface area contributed by atoms with Gasteiger partial charge in [-0.25, -0.2) is 0 Å². The molecule has 20 heavy (non-hydrogen) atoms. The highest BCUT2D eigenvalue weighted by molar-refractivity contribution is 5.95. The van der Waals surface area contributed by atoms with Crippen molar-refractivity contribution in [1.82, 2.24) is 5.32 Å². The van der Waals surface area contributed by atoms with Crippen molar-refractivity contribution in [3.63, 3.8) is 0 Å². The van der Waals surface area contributed by atoms with Crippen LogP contribution in [-0.4, -0.2) is 19.6 Å². The van der Waals surface area contributed by atoms with E-state index < -0.39 is 0 Å². The van der Waals surface area contributed by atoms with Gasteiger partial charge in [0.2, 0.25) is 0 Å². The van der Waals surface area contributed by atoms with Gasteiger partial charge in [0.15, 0.2) is 0 Å². The van der Waals surface area contributed by atoms with E-state index in [1.807, 2.05) is 0 Å². The predicted octanol–water partition coefficient (Wildman–Crippen LogP) is 2.83. The summed E-state index contributed by atoms with van der Waals surface area (Å²) in [7, 11) is 1.55. The fourth-order valence-electron chi connectivity index (χ4n) is 2.87. The number of benzene rings is 1. The smallest absolute Gasteiger partial charge is 0.251 e. The highest BCUT2D eigenvalue weighted by Gasteiger charge is 2.21. The van der Waals surface area contributed by atoms with Gasteiger partial charge in [-0.1, -0.05) is 26.2 Å². The number of nitrogen functional groups attached to an aromatic ring is 1. The molecule has 0 heterocycles. The third-order valence-corrected chi connectivity index (χ3v) is 4.31. The van der Waals surface area contributed by atoms with E-state index in [0.717, 1.165) is 6.54 Å². The van der Waals surface area contributed by atoms with Crippen molar-refractivity contribution in [2.45, 2.75) is 32.6 Å². The Bertz CT molecular complexity index is 474. The maximum Gasteiger partial charge on any atom is 0.251 e. The van der Waals surface area contributed by atoms with Gasteiger partial charge in [-0.2, -0.15) is 0 Å². The molecule has 1 aromatic rings. The predicted molar refractivity (Wildman–Crippen MR) is 80.9 cm³/mol. The average Bonchev–Trinajstić information content (AvgIpc) is 2.46. The molecule has 1 aliphatic rings. The van der Waals surface area contributed by atoms with Crippen LogP contribution >= 0.6 is 0 Å². The molecule has 4 heteroatoms. The van der Waals surface area contributed by atoms with Crippen molar-refractivity contribution in [3.8, 4) is 5.75 Å². The van der Waals surface area contributed by atoms with E-state index in [9.17, 15) is 4.79 Å². The summed E-state index contributed by atoms with van der Waals surface area (Å²) in [5, 5.41) is 3.03. The molecular weight excluding hydrogens is 252 g/mol. The molecule has 2 atom stereocenters. The van der Waals surface area contributed by atoms with Crippen molar-refractivity contribution >= 4 is 11.6 Å². The molecule has 2 rings (SSSR count). The number of nitrogens with two attached hydrogens (primary N) is 1. The molecule has 0 radical (unpaired) electrons. The Balaban J connectivity index is 1.94. The van der Waals surface area contributed by atoms with Crippen molar-refractivity contribution in [1.29, 1.82) is 0 Å². The molecule has 2 unspecified atom stereocenters. The molecule has 4 nitrogen and oxygen atoms in total. The highest BCUT2D eigenvalue weighted by Crippen LogP contribution is 2.29. The quantitative estimate of drug-likeness (QED) is 0.831. The van der Waals surface area contributed by atoms with E-state index in [-0.39, 0.29) is 5.91 Å². The van der Waals surface area contributed by atoms with Crippen LogP contribution in [0, 0.1) is 11.8 Å². The van der Waals surface area contributed by atoms with Gasteiger partial charge in [0.05, 0.1) is 12.8 Å². The zero-order valence-electron chi connectivity index (χ0n) is 12.3. The number of carbonyl (C=O) groups excluding carboxylic acids is 1. The summed E-state index contributed by atoms with van der Waals surface area (Å²) in [6, 6.07) is 5.13. The molecule has 1 amide bonds. The van der Waals surface area contributed by atoms with Crippen LogP contribution in [0.2, 0.25) is 0 Å². The molecule has 0 aliphatic heterocycles. The third kappa shape index (κ3) is 3.44. The van der Waals surface area contributed by atoms with E-state index in [1.54, 1.807) is 25.3 Å². The normalized spacial score (nSPS) is 22.3. The number of methoxy groups -OCH3 is 1. The summed E-state index contributed by atoms with van der Waals surface area (Å²) < 4.78 is 5.14. The van der Waals surface area contributed by atoms with Crippen LogP contribution in [0.25, 0.3) is 0 Å². The van der Waals surface area contributed by atoms with Crippen LogP contribution in [0.4, 0.5) is 5.69 Å². The van der Waals surface area contributed by atoms with Crippen LogP contribution in [0.15, 0.2) is 18.2 Å². The number of hydrogen-bond donors (Lipinski definition) is 2. The zero-order valence-corrected chi connectivity index (χ0v) is 12.3. The first kappa shape index (κ1) is 14.7. The molecule has 1 aromatic carbocycles. The lowest BCUT2D eigenvalue weighted by atomic mass is 9.80. The minimum absolute atomic E-state index is 0.0546. The lowest BCUT2D eigenvalue weighted by Crippen LogP contribution is -2.33. The summed E-state index contributed by atoms with van der Waals surface area (Å²) in [5.41, 5.74) is 6.90. The largest absolute Gasteiger partial charge is 0.495 e. The van der Waals surface area contributed by atoms with Gasteiger partial charge in [0.1, 0.15) is 5.75 Å². The summed E-state index contributed by atoms with van der Waals surface area (Å²) in [6.45, 7) is 3.04. The first-order valence-corrected chi connectivity index (χ1v) is 7.33. The topological polar surface area (TPSA) is 64.3 Å². The third-order valence-electron chi connectivity index (χ3n) is 4.31. The monoisotopic (exact) mass is 276 g/mol. The minimum Gasteiger partial charge on any atom is -0.495 e. The summed E-state index contributed by atoms with van der Waals surface area (Å²) in [4.78, 5) is 12.2. The molecule has 0 spiro atoms. The van der Waals surface area contributed by atoms with Gasteiger partial charge in [-0.3, -0.25) is 4.79 Å². The van der Waals surface area contributed by atoms with Crippen LogP contribution in [0.5, 0.6) is 5.75 Å². The van der Waals surface area contributed by atoms with Gasteiger partial charge in [-0.05, 0) is 36.5 Å². The second-order valence-corrected chi connectivity index (χ2v) is 5.69. The molecule has 0 saturated heterocycles. The molecular formula is C16H24N2O2. The second-order valence-electron chi connectivity index (χ2n) is 5.69. The average molecular weight is 276 g/mol. The van der Waals surface area contributed by atoms with Gasteiger partial charge in [0, 0.05) is 12.1 Å². The maximum absolute atomic E-state index is 12.2. The number of rotatable bonds is 4. The standard InChI is InChI=1S/C16H24N2O2/c1-11-5-3-4-6-13(11)10-18-16(19)12-7-8-14(17)15(9-12)20-2/h7-9,11,13H,3-6,10,17H2,1-2H3,(H,18,19). The van der Waals surface area contributed by atoms with Crippen LogP contribution in [0.1, 0.15) is 43.0 Å². The number of amides is 1. The Morgan fingerprint density at radius 1 is 1.40 bits per heavy atom. The number of nitrogens with one attached hydrogen (secondary N) is 1. The van der Waals surface area contributed by atoms with Crippen LogP contribution < -0.4 is 15.8 Å². The molecule has 110 valence electrons. The number of ether oxygens (including phenoxy) is 1. The maximum atomic E-state index is 12.2. The Kier molecular flexibility index (Phi) is 4.88. The molecule has 1 fully saturated rings. The second kappa shape index (κ2) is 6.64. The molecule has 3 N–H and O–H groups in total. The summed E-state index contributed by atoms with van der Waals surface area (Å²) in [5.74, 6) is 1.79. The Morgan fingerprint density at radius 3 is 2.85 bits per heavy atom. The van der Waals surface area contributed by atoms with Crippen LogP contribution in [-0.2, 0) is 0 Å². The summed E-state index contributed by atoms with van der Waals surface area (Å²) in [6.07, 6.45) is 5.09. The SMILES string of the molecule is COc1cc(C(=O)NCC2CCCCC2C)ccc1N. The lowest BCUT2D eigenvalue weighted by Gasteiger charge is -2.28. The lowest BCUT2D eigenvalue weighted by molar-refractivity contribution is 0.0936. The minimum atomic E-state index is -0.0546. The van der Waals surface area contributed by atoms with E-state index in [0.29, 0.717) is 28.8 Å². The molecule has 1 aliphatic carbocycles. The highest BCUT2D eigenvalue weighted by atomic mass is 16.5. The van der Waals surface area contributed by atoms with Crippen molar-refractivity contribution in [2.75, 3.05) is 19.4 Å². The van der Waals surface area contributed by atoms with Gasteiger partial charge < -0.3 is 15.8 Å². The number of hydrogen-bond acceptors (Lipinski definition) is 3. The van der Waals surface area contributed by atoms with E-state index in [1.165, 1.54) is 25.7 Å². The van der Waals surface area contributed by atoms with Gasteiger partial charge in [-0.15, -0.1) is 0 Å². The van der Waals surface area contributed by atoms with E-state index in [4.69, 9.17) is 10.5 Å². The van der Waals surface area contributed by atoms with Crippen LogP contribution in [0.3, 0.4) is 0 Å². The van der Waals surface area contributed by atoms with Crippen molar-refractivity contribution in [3.05, 3.63) is 23.8 Å². The fourth-order valence-corrected chi connectivity index (χ4v) is 2.87. The molecule has 0 aromatic heterocycles. The zero-order chi connectivity index (χ0) is 14.5. The Labute approximate surface area is 120 Å². The van der Waals surface area contributed by atoms with E-state index in [2.05, 4.69) is 12.2 Å². The fraction of sp³-hybridized carbons (Fsp3) is 0.562. The molecule has 1 saturated carbocycles. The first-order chi connectivity index (χ1) is 9.61.